The molecule has 0 spiro atoms. The van der Waals surface area contributed by atoms with Crippen molar-refractivity contribution in [3.63, 3.8) is 0 Å². The van der Waals surface area contributed by atoms with Crippen LogP contribution < -0.4 is 10.2 Å². The number of rotatable bonds is 5. The molecule has 2 rings (SSSR count). The molecular weight excluding hydrogens is 270 g/mol. The van der Waals surface area contributed by atoms with Crippen LogP contribution in [0.1, 0.15) is 20.4 Å². The van der Waals surface area contributed by atoms with Crippen molar-refractivity contribution in [1.82, 2.24) is 10.3 Å². The van der Waals surface area contributed by atoms with Crippen molar-refractivity contribution in [3.8, 4) is 0 Å². The van der Waals surface area contributed by atoms with E-state index in [1.54, 1.807) is 0 Å². The van der Waals surface area contributed by atoms with E-state index in [0.29, 0.717) is 11.4 Å². The smallest absolute Gasteiger partial charge is 0.263 e. The summed E-state index contributed by atoms with van der Waals surface area (Å²) in [6.45, 7) is 5.17. The minimum Gasteiger partial charge on any atom is -0.373 e. The number of likely N-dealkylation sites (N-methyl/N-ethyl adjacent to an activating group) is 1. The molecule has 20 heavy (non-hydrogen) atoms. The number of aromatic nitrogens is 1. The highest BCUT2D eigenvalue weighted by Gasteiger charge is 2.13. The van der Waals surface area contributed by atoms with Crippen molar-refractivity contribution in [2.45, 2.75) is 13.8 Å². The third kappa shape index (κ3) is 3.57. The number of thiazole rings is 1. The van der Waals surface area contributed by atoms with E-state index in [-0.39, 0.29) is 5.91 Å². The first kappa shape index (κ1) is 14.5. The zero-order valence-corrected chi connectivity index (χ0v) is 12.8. The van der Waals surface area contributed by atoms with Gasteiger partial charge in [-0.05, 0) is 26.0 Å². The molecular formula is C15H19N3OS. The van der Waals surface area contributed by atoms with Gasteiger partial charge in [-0.3, -0.25) is 4.79 Å². The van der Waals surface area contributed by atoms with Crippen molar-refractivity contribution in [3.05, 3.63) is 45.9 Å². The second-order valence-corrected chi connectivity index (χ2v) is 5.86. The van der Waals surface area contributed by atoms with Crippen LogP contribution in [0.5, 0.6) is 0 Å². The maximum Gasteiger partial charge on any atom is 0.263 e. The van der Waals surface area contributed by atoms with Gasteiger partial charge in [0.15, 0.2) is 0 Å². The molecule has 106 valence electrons. The Balaban J connectivity index is 1.84. The first-order valence-electron chi connectivity index (χ1n) is 6.56. The summed E-state index contributed by atoms with van der Waals surface area (Å²) >= 11 is 1.44. The molecule has 5 heteroatoms. The van der Waals surface area contributed by atoms with Gasteiger partial charge in [0.05, 0.1) is 10.7 Å². The molecule has 1 amide bonds. The first-order chi connectivity index (χ1) is 9.58. The summed E-state index contributed by atoms with van der Waals surface area (Å²) in [5.74, 6) is -0.0328. The first-order valence-corrected chi connectivity index (χ1v) is 7.38. The number of hydrogen-bond acceptors (Lipinski definition) is 4. The Bertz CT molecular complexity index is 580. The molecule has 0 bridgehead atoms. The van der Waals surface area contributed by atoms with Crippen LogP contribution in [0.4, 0.5) is 5.69 Å². The van der Waals surface area contributed by atoms with Crippen molar-refractivity contribution >= 4 is 22.9 Å². The van der Waals surface area contributed by atoms with Crippen molar-refractivity contribution in [2.75, 3.05) is 25.0 Å². The number of benzene rings is 1. The molecule has 1 aromatic carbocycles. The number of carbonyl (C=O) groups is 1. The van der Waals surface area contributed by atoms with Gasteiger partial charge in [-0.2, -0.15) is 0 Å². The van der Waals surface area contributed by atoms with Gasteiger partial charge in [-0.15, -0.1) is 11.3 Å². The van der Waals surface area contributed by atoms with Gasteiger partial charge in [0.2, 0.25) is 0 Å². The lowest BCUT2D eigenvalue weighted by Gasteiger charge is -2.19. The minimum atomic E-state index is -0.0328. The third-order valence-electron chi connectivity index (χ3n) is 3.04. The number of nitrogens with zero attached hydrogens (tertiary/aromatic N) is 2. The SMILES string of the molecule is Cc1nc(C)c(C(=O)NCCN(C)c2ccccc2)s1. The topological polar surface area (TPSA) is 45.2 Å². The lowest BCUT2D eigenvalue weighted by atomic mass is 10.3. The standard InChI is InChI=1S/C15H19N3OS/c1-11-14(20-12(2)17-11)15(19)16-9-10-18(3)13-7-5-4-6-8-13/h4-8H,9-10H2,1-3H3,(H,16,19). The Morgan fingerprint density at radius 3 is 2.60 bits per heavy atom. The van der Waals surface area contributed by atoms with Crippen molar-refractivity contribution < 1.29 is 4.79 Å². The van der Waals surface area contributed by atoms with Gasteiger partial charge in [0.25, 0.3) is 5.91 Å². The molecule has 1 N–H and O–H groups in total. The number of hydrogen-bond donors (Lipinski definition) is 1. The fourth-order valence-corrected chi connectivity index (χ4v) is 2.81. The molecule has 0 saturated carbocycles. The van der Waals surface area contributed by atoms with Crippen LogP contribution >= 0.6 is 11.3 Å². The van der Waals surface area contributed by atoms with Crippen LogP contribution in [0, 0.1) is 13.8 Å². The predicted molar refractivity (Wildman–Crippen MR) is 83.6 cm³/mol. The summed E-state index contributed by atoms with van der Waals surface area (Å²) in [7, 11) is 2.02. The zero-order chi connectivity index (χ0) is 14.5. The Labute approximate surface area is 123 Å². The Kier molecular flexibility index (Phi) is 4.74. The van der Waals surface area contributed by atoms with E-state index in [9.17, 15) is 4.79 Å². The van der Waals surface area contributed by atoms with E-state index in [0.717, 1.165) is 22.9 Å². The molecule has 0 aliphatic rings. The fourth-order valence-electron chi connectivity index (χ4n) is 1.97. The van der Waals surface area contributed by atoms with Crippen LogP contribution in [0.2, 0.25) is 0 Å². The highest BCUT2D eigenvalue weighted by Crippen LogP contribution is 2.16. The van der Waals surface area contributed by atoms with E-state index < -0.39 is 0 Å². The van der Waals surface area contributed by atoms with Gasteiger partial charge >= 0.3 is 0 Å². The Morgan fingerprint density at radius 1 is 1.30 bits per heavy atom. The number of para-hydroxylation sites is 1. The van der Waals surface area contributed by atoms with Gasteiger partial charge in [-0.1, -0.05) is 18.2 Å². The maximum atomic E-state index is 12.0. The van der Waals surface area contributed by atoms with Crippen molar-refractivity contribution in [2.24, 2.45) is 0 Å². The van der Waals surface area contributed by atoms with E-state index in [4.69, 9.17) is 0 Å². The molecule has 0 atom stereocenters. The van der Waals surface area contributed by atoms with E-state index in [1.807, 2.05) is 39.1 Å². The van der Waals surface area contributed by atoms with Gasteiger partial charge in [-0.25, -0.2) is 4.98 Å². The number of anilines is 1. The molecule has 1 aromatic heterocycles. The van der Waals surface area contributed by atoms with Gasteiger partial charge in [0, 0.05) is 25.8 Å². The summed E-state index contributed by atoms with van der Waals surface area (Å²) in [6.07, 6.45) is 0. The summed E-state index contributed by atoms with van der Waals surface area (Å²) in [5.41, 5.74) is 1.95. The molecule has 4 nitrogen and oxygen atoms in total. The number of nitrogens with one attached hydrogen (secondary N) is 1. The molecule has 0 aliphatic carbocycles. The van der Waals surface area contributed by atoms with Crippen LogP contribution in [0.3, 0.4) is 0 Å². The van der Waals surface area contributed by atoms with Crippen LogP contribution in [-0.2, 0) is 0 Å². The highest BCUT2D eigenvalue weighted by atomic mass is 32.1. The van der Waals surface area contributed by atoms with Gasteiger partial charge < -0.3 is 10.2 Å². The molecule has 1 heterocycles. The maximum absolute atomic E-state index is 12.0. The van der Waals surface area contributed by atoms with Crippen LogP contribution in [0.15, 0.2) is 30.3 Å². The summed E-state index contributed by atoms with van der Waals surface area (Å²) in [5, 5.41) is 3.87. The van der Waals surface area contributed by atoms with Crippen LogP contribution in [-0.4, -0.2) is 31.0 Å². The van der Waals surface area contributed by atoms with Crippen LogP contribution in [0.25, 0.3) is 0 Å². The summed E-state index contributed by atoms with van der Waals surface area (Å²) in [6, 6.07) is 10.1. The van der Waals surface area contributed by atoms with Gasteiger partial charge in [0.1, 0.15) is 4.88 Å². The molecule has 0 fully saturated rings. The average molecular weight is 289 g/mol. The molecule has 0 aliphatic heterocycles. The van der Waals surface area contributed by atoms with Crippen molar-refractivity contribution in [1.29, 1.82) is 0 Å². The average Bonchev–Trinajstić information content (AvgIpc) is 2.78. The molecule has 2 aromatic rings. The normalized spacial score (nSPS) is 10.3. The number of amides is 1. The second kappa shape index (κ2) is 6.52. The molecule has 0 unspecified atom stereocenters. The lowest BCUT2D eigenvalue weighted by Crippen LogP contribution is -2.32. The lowest BCUT2D eigenvalue weighted by molar-refractivity contribution is 0.0958. The Hall–Kier alpha value is -1.88. The predicted octanol–water partition coefficient (Wildman–Crippen LogP) is 2.63. The Morgan fingerprint density at radius 2 is 2.00 bits per heavy atom. The van der Waals surface area contributed by atoms with E-state index in [2.05, 4.69) is 27.3 Å². The monoisotopic (exact) mass is 289 g/mol. The minimum absolute atomic E-state index is 0.0328. The summed E-state index contributed by atoms with van der Waals surface area (Å²) in [4.78, 5) is 19.1. The number of aryl methyl sites for hydroxylation is 2. The highest BCUT2D eigenvalue weighted by molar-refractivity contribution is 7.13. The molecule has 0 saturated heterocycles. The quantitative estimate of drug-likeness (QED) is 0.920. The van der Waals surface area contributed by atoms with E-state index in [1.165, 1.54) is 11.3 Å². The fraction of sp³-hybridized carbons (Fsp3) is 0.333. The van der Waals surface area contributed by atoms with E-state index >= 15 is 0 Å². The molecule has 0 radical (unpaired) electrons. The zero-order valence-electron chi connectivity index (χ0n) is 12.0. The largest absolute Gasteiger partial charge is 0.373 e. The second-order valence-electron chi connectivity index (χ2n) is 4.66. The third-order valence-corrected chi connectivity index (χ3v) is 4.11. The number of carbonyl (C=O) groups excluding carboxylic acids is 1. The summed E-state index contributed by atoms with van der Waals surface area (Å²) < 4.78 is 0.